The molecular formula is C8H14NNa2O7P. The largest absolute Gasteiger partial charge is 1.00 e. The van der Waals surface area contributed by atoms with Crippen molar-refractivity contribution in [3.8, 4) is 0 Å². The Morgan fingerprint density at radius 2 is 1.58 bits per heavy atom. The molecule has 0 radical (unpaired) electrons. The fraction of sp³-hybridized carbons (Fsp3) is 0.750. The third-order valence-electron chi connectivity index (χ3n) is 1.50. The van der Waals surface area contributed by atoms with Gasteiger partial charge in [-0.05, 0) is 21.4 Å². The van der Waals surface area contributed by atoms with Crippen molar-refractivity contribution in [2.75, 3.05) is 26.0 Å². The molecule has 0 aliphatic carbocycles. The van der Waals surface area contributed by atoms with E-state index in [9.17, 15) is 23.9 Å². The Labute approximate surface area is 155 Å². The van der Waals surface area contributed by atoms with Crippen LogP contribution in [0.4, 0.5) is 4.79 Å². The molecule has 0 N–H and O–H groups in total. The molecule has 0 unspecified atom stereocenters. The Bertz CT molecular complexity index is 322. The van der Waals surface area contributed by atoms with E-state index in [0.29, 0.717) is 4.90 Å². The van der Waals surface area contributed by atoms with E-state index in [2.05, 4.69) is 9.47 Å². The summed E-state index contributed by atoms with van der Waals surface area (Å²) in [4.78, 5) is 43.9. The van der Waals surface area contributed by atoms with Gasteiger partial charge in [-0.2, -0.15) is 0 Å². The summed E-state index contributed by atoms with van der Waals surface area (Å²) in [7, 11) is -4.96. The molecular weight excluding hydrogens is 299 g/mol. The summed E-state index contributed by atoms with van der Waals surface area (Å²) < 4.78 is 19.6. The molecule has 0 aromatic rings. The first-order valence-electron chi connectivity index (χ1n) is 4.88. The zero-order chi connectivity index (χ0) is 13.5. The number of nitrogens with zero attached hydrogens (tertiary/aromatic N) is 1. The Morgan fingerprint density at radius 1 is 1.11 bits per heavy atom. The van der Waals surface area contributed by atoms with Gasteiger partial charge in [0.15, 0.2) is 0 Å². The predicted octanol–water partition coefficient (Wildman–Crippen LogP) is -7.11. The Hall–Kier alpha value is 0.890. The molecule has 19 heavy (non-hydrogen) atoms. The van der Waals surface area contributed by atoms with Gasteiger partial charge >= 0.3 is 71.2 Å². The Morgan fingerprint density at radius 3 is 1.95 bits per heavy atom. The Kier molecular flexibility index (Phi) is 16.5. The average Bonchev–Trinajstić information content (AvgIpc) is 2.15. The van der Waals surface area contributed by atoms with Crippen molar-refractivity contribution in [1.29, 1.82) is 0 Å². The SMILES string of the molecule is CCOC(=O)CN(CP(=O)([O-])[O-])C(=O)OCC.[Na+].[Na+]. The number of ether oxygens (including phenoxy) is 2. The molecule has 0 atom stereocenters. The number of hydrogen-bond donors (Lipinski definition) is 0. The number of amides is 1. The molecule has 0 bridgehead atoms. The molecule has 0 saturated carbocycles. The molecule has 0 aliphatic heterocycles. The van der Waals surface area contributed by atoms with E-state index in [1.165, 1.54) is 6.92 Å². The summed E-state index contributed by atoms with van der Waals surface area (Å²) >= 11 is 0. The van der Waals surface area contributed by atoms with E-state index in [4.69, 9.17) is 0 Å². The monoisotopic (exact) mass is 313 g/mol. The van der Waals surface area contributed by atoms with E-state index in [1.54, 1.807) is 6.92 Å². The van der Waals surface area contributed by atoms with Crippen molar-refractivity contribution in [1.82, 2.24) is 4.90 Å². The quantitative estimate of drug-likeness (QED) is 0.271. The third kappa shape index (κ3) is 13.6. The summed E-state index contributed by atoms with van der Waals surface area (Å²) in [5.41, 5.74) is 0. The van der Waals surface area contributed by atoms with Gasteiger partial charge in [0.05, 0.1) is 19.5 Å². The molecule has 100 valence electrons. The van der Waals surface area contributed by atoms with E-state index < -0.39 is 32.5 Å². The van der Waals surface area contributed by atoms with Gasteiger partial charge in [0, 0.05) is 0 Å². The maximum Gasteiger partial charge on any atom is 1.00 e. The first kappa shape index (κ1) is 24.9. The van der Waals surface area contributed by atoms with Gasteiger partial charge in [-0.1, -0.05) is 0 Å². The second-order valence-electron chi connectivity index (χ2n) is 2.95. The van der Waals surface area contributed by atoms with Crippen LogP contribution >= 0.6 is 7.60 Å². The third-order valence-corrected chi connectivity index (χ3v) is 2.18. The summed E-state index contributed by atoms with van der Waals surface area (Å²) in [6.45, 7) is 2.51. The summed E-state index contributed by atoms with van der Waals surface area (Å²) in [5, 5.41) is 0. The molecule has 11 heteroatoms. The number of carbonyl (C=O) groups is 2. The molecule has 0 saturated heterocycles. The Balaban J connectivity index is -0.00000128. The van der Waals surface area contributed by atoms with Crippen LogP contribution in [-0.4, -0.2) is 43.0 Å². The maximum absolute atomic E-state index is 11.3. The second-order valence-corrected chi connectivity index (χ2v) is 4.46. The van der Waals surface area contributed by atoms with Crippen LogP contribution in [0.1, 0.15) is 13.8 Å². The van der Waals surface area contributed by atoms with Crippen LogP contribution in [0.15, 0.2) is 0 Å². The molecule has 0 heterocycles. The minimum Gasteiger partial charge on any atom is -0.810 e. The summed E-state index contributed by atoms with van der Waals surface area (Å²) in [5.74, 6) is -0.811. The topological polar surface area (TPSA) is 119 Å². The molecule has 1 amide bonds. The fourth-order valence-electron chi connectivity index (χ4n) is 0.959. The first-order chi connectivity index (χ1) is 7.80. The molecule has 0 spiro atoms. The maximum atomic E-state index is 11.3. The van der Waals surface area contributed by atoms with Crippen molar-refractivity contribution >= 4 is 19.7 Å². The average molecular weight is 313 g/mol. The van der Waals surface area contributed by atoms with Crippen LogP contribution in [0.3, 0.4) is 0 Å². The van der Waals surface area contributed by atoms with Crippen LogP contribution < -0.4 is 68.9 Å². The zero-order valence-electron chi connectivity index (χ0n) is 11.6. The van der Waals surface area contributed by atoms with E-state index in [-0.39, 0.29) is 72.3 Å². The van der Waals surface area contributed by atoms with Gasteiger partial charge in [0.1, 0.15) is 6.54 Å². The number of rotatable bonds is 6. The van der Waals surface area contributed by atoms with Gasteiger partial charge < -0.3 is 23.8 Å². The van der Waals surface area contributed by atoms with E-state index >= 15 is 0 Å². The number of hydrogen-bond acceptors (Lipinski definition) is 7. The van der Waals surface area contributed by atoms with Gasteiger partial charge in [-0.25, -0.2) is 4.79 Å². The molecule has 0 aromatic heterocycles. The van der Waals surface area contributed by atoms with Crippen molar-refractivity contribution in [3.05, 3.63) is 0 Å². The number of esters is 1. The van der Waals surface area contributed by atoms with Gasteiger partial charge in [-0.3, -0.25) is 9.69 Å². The van der Waals surface area contributed by atoms with Crippen molar-refractivity contribution in [3.63, 3.8) is 0 Å². The summed E-state index contributed by atoms with van der Waals surface area (Å²) in [6.07, 6.45) is -2.16. The fourth-order valence-corrected chi connectivity index (χ4v) is 1.59. The normalized spacial score (nSPS) is 9.68. The van der Waals surface area contributed by atoms with E-state index in [0.717, 1.165) is 0 Å². The van der Waals surface area contributed by atoms with Crippen molar-refractivity contribution in [2.24, 2.45) is 0 Å². The smallest absolute Gasteiger partial charge is 0.810 e. The van der Waals surface area contributed by atoms with Gasteiger partial charge in [0.2, 0.25) is 0 Å². The molecule has 0 fully saturated rings. The predicted molar refractivity (Wildman–Crippen MR) is 52.8 cm³/mol. The standard InChI is InChI=1S/C8H16NO7P.2Na/c1-3-15-7(10)5-9(6-17(12,13)14)8(11)16-4-2;;/h3-6H2,1-2H3,(H2,12,13,14);;/q;2*+1/p-2. The minimum atomic E-state index is -4.96. The van der Waals surface area contributed by atoms with Crippen LogP contribution in [0.25, 0.3) is 0 Å². The van der Waals surface area contributed by atoms with Crippen molar-refractivity contribution in [2.45, 2.75) is 13.8 Å². The molecule has 0 aliphatic rings. The minimum absolute atomic E-state index is 0. The van der Waals surface area contributed by atoms with Crippen LogP contribution in [0.2, 0.25) is 0 Å². The van der Waals surface area contributed by atoms with Crippen LogP contribution in [0, 0.1) is 0 Å². The van der Waals surface area contributed by atoms with E-state index in [1.807, 2.05) is 0 Å². The zero-order valence-corrected chi connectivity index (χ0v) is 16.5. The van der Waals surface area contributed by atoms with Crippen LogP contribution in [-0.2, 0) is 18.8 Å². The number of carbonyl (C=O) groups excluding carboxylic acids is 2. The molecule has 0 rings (SSSR count). The van der Waals surface area contributed by atoms with Crippen molar-refractivity contribution < 1.29 is 92.5 Å². The van der Waals surface area contributed by atoms with Crippen LogP contribution in [0.5, 0.6) is 0 Å². The molecule has 8 nitrogen and oxygen atoms in total. The van der Waals surface area contributed by atoms with Gasteiger partial charge in [0.25, 0.3) is 0 Å². The summed E-state index contributed by atoms with van der Waals surface area (Å²) in [6, 6.07) is 0. The second kappa shape index (κ2) is 12.6. The van der Waals surface area contributed by atoms with Gasteiger partial charge in [-0.15, -0.1) is 0 Å². The first-order valence-corrected chi connectivity index (χ1v) is 6.61. The molecule has 0 aromatic carbocycles.